The number of alkyl halides is 2. The Morgan fingerprint density at radius 3 is 2.52 bits per heavy atom. The lowest BCUT2D eigenvalue weighted by Crippen LogP contribution is -2.29. The normalized spacial score (nSPS) is 11.9. The van der Waals surface area contributed by atoms with Gasteiger partial charge in [-0.25, -0.2) is 18.5 Å². The molecule has 0 unspecified atom stereocenters. The molecule has 2 aromatic carbocycles. The summed E-state index contributed by atoms with van der Waals surface area (Å²) in [5.74, 6) is -2.99. The van der Waals surface area contributed by atoms with Crippen LogP contribution in [0.2, 0.25) is 0 Å². The number of hydrogen-bond acceptors (Lipinski definition) is 5. The van der Waals surface area contributed by atoms with Gasteiger partial charge in [-0.05, 0) is 48.0 Å². The molecule has 0 fully saturated rings. The number of hydrogen-bond donors (Lipinski definition) is 2. The van der Waals surface area contributed by atoms with Crippen LogP contribution in [-0.4, -0.2) is 36.2 Å². The molecular weight excluding hydrogens is 422 g/mol. The third kappa shape index (κ3) is 5.52. The number of nitrogens with zero attached hydrogens (tertiary/aromatic N) is 2. The maximum absolute atomic E-state index is 12.8. The number of benzene rings is 2. The molecule has 11 heteroatoms. The van der Waals surface area contributed by atoms with Crippen LogP contribution in [0, 0.1) is 0 Å². The lowest BCUT2D eigenvalue weighted by atomic mass is 10.1. The predicted molar refractivity (Wildman–Crippen MR) is 106 cm³/mol. The van der Waals surface area contributed by atoms with Gasteiger partial charge in [0.05, 0.1) is 15.9 Å². The highest BCUT2D eigenvalue weighted by molar-refractivity contribution is 7.99. The van der Waals surface area contributed by atoms with Gasteiger partial charge in [0.2, 0.25) is 15.9 Å². The van der Waals surface area contributed by atoms with Crippen LogP contribution in [0.1, 0.15) is 5.56 Å². The highest BCUT2D eigenvalue weighted by Crippen LogP contribution is 2.28. The second kappa shape index (κ2) is 8.89. The zero-order valence-electron chi connectivity index (χ0n) is 15.1. The van der Waals surface area contributed by atoms with Crippen LogP contribution in [0.15, 0.2) is 58.6 Å². The van der Waals surface area contributed by atoms with Crippen molar-refractivity contribution in [2.75, 3.05) is 6.54 Å². The quantitative estimate of drug-likeness (QED) is 0.523. The summed E-state index contributed by atoms with van der Waals surface area (Å²) in [4.78, 5) is 16.5. The molecule has 154 valence electrons. The fourth-order valence-corrected chi connectivity index (χ4v) is 3.88. The molecule has 0 aliphatic rings. The molecule has 0 saturated heterocycles. The number of carbonyl (C=O) groups is 1. The first-order valence-electron chi connectivity index (χ1n) is 8.52. The highest BCUT2D eigenvalue weighted by atomic mass is 32.2. The van der Waals surface area contributed by atoms with Crippen molar-refractivity contribution in [1.29, 1.82) is 0 Å². The standard InChI is InChI=1S/C18H18F2N4O3S2/c19-17(20)28-18-23-14-3-1-2-4-15(14)24(18)11-16(25)22-10-9-12-5-7-13(8-6-12)29(21,26)27/h1-8,17H,9-11H2,(H,22,25)(H2,21,26,27). The van der Waals surface area contributed by atoms with Crippen LogP contribution >= 0.6 is 11.8 Å². The van der Waals surface area contributed by atoms with E-state index < -0.39 is 15.8 Å². The fraction of sp³-hybridized carbons (Fsp3) is 0.222. The number of para-hydroxylation sites is 2. The van der Waals surface area contributed by atoms with Crippen molar-refractivity contribution in [2.24, 2.45) is 5.14 Å². The molecule has 29 heavy (non-hydrogen) atoms. The summed E-state index contributed by atoms with van der Waals surface area (Å²) in [7, 11) is -3.75. The first-order chi connectivity index (χ1) is 13.7. The minimum Gasteiger partial charge on any atom is -0.354 e. The topological polar surface area (TPSA) is 107 Å². The van der Waals surface area contributed by atoms with Crippen molar-refractivity contribution in [1.82, 2.24) is 14.9 Å². The monoisotopic (exact) mass is 440 g/mol. The zero-order chi connectivity index (χ0) is 21.0. The van der Waals surface area contributed by atoms with Gasteiger partial charge in [0.1, 0.15) is 6.54 Å². The van der Waals surface area contributed by atoms with Gasteiger partial charge in [0.15, 0.2) is 5.16 Å². The molecule has 3 aromatic rings. The van der Waals surface area contributed by atoms with Crippen LogP contribution in [0.25, 0.3) is 11.0 Å². The van der Waals surface area contributed by atoms with E-state index in [1.54, 1.807) is 36.4 Å². The molecule has 7 nitrogen and oxygen atoms in total. The Balaban J connectivity index is 1.62. The number of nitrogens with two attached hydrogens (primary N) is 1. The number of sulfonamides is 1. The summed E-state index contributed by atoms with van der Waals surface area (Å²) < 4.78 is 49.6. The van der Waals surface area contributed by atoms with Crippen LogP contribution in [0.5, 0.6) is 0 Å². The SMILES string of the molecule is NS(=O)(=O)c1ccc(CCNC(=O)Cn2c(SC(F)F)nc3ccccc32)cc1. The number of rotatable bonds is 8. The summed E-state index contributed by atoms with van der Waals surface area (Å²) >= 11 is 0.296. The van der Waals surface area contributed by atoms with E-state index in [2.05, 4.69) is 10.3 Å². The molecule has 1 aromatic heterocycles. The molecule has 3 N–H and O–H groups in total. The summed E-state index contributed by atoms with van der Waals surface area (Å²) in [6.07, 6.45) is 0.472. The van der Waals surface area contributed by atoms with E-state index in [0.717, 1.165) is 5.56 Å². The number of aromatic nitrogens is 2. The first-order valence-corrected chi connectivity index (χ1v) is 10.9. The van der Waals surface area contributed by atoms with Gasteiger partial charge >= 0.3 is 0 Å². The Kier molecular flexibility index (Phi) is 6.50. The van der Waals surface area contributed by atoms with E-state index in [1.807, 2.05) is 0 Å². The molecule has 0 aliphatic carbocycles. The molecule has 1 heterocycles. The maximum Gasteiger partial charge on any atom is 0.291 e. The number of fused-ring (bicyclic) bond motifs is 1. The number of primary sulfonamides is 1. The molecule has 1 amide bonds. The maximum atomic E-state index is 12.8. The van der Waals surface area contributed by atoms with Gasteiger partial charge in [-0.3, -0.25) is 4.79 Å². The van der Waals surface area contributed by atoms with Gasteiger partial charge in [-0.1, -0.05) is 24.3 Å². The third-order valence-electron chi connectivity index (χ3n) is 4.10. The first kappa shape index (κ1) is 21.2. The lowest BCUT2D eigenvalue weighted by molar-refractivity contribution is -0.121. The predicted octanol–water partition coefficient (Wildman–Crippen LogP) is 2.36. The zero-order valence-corrected chi connectivity index (χ0v) is 16.7. The number of thioether (sulfide) groups is 1. The summed E-state index contributed by atoms with van der Waals surface area (Å²) in [6.45, 7) is 0.164. The van der Waals surface area contributed by atoms with Crippen molar-refractivity contribution in [3.63, 3.8) is 0 Å². The van der Waals surface area contributed by atoms with Gasteiger partial charge in [0.25, 0.3) is 5.76 Å². The smallest absolute Gasteiger partial charge is 0.291 e. The van der Waals surface area contributed by atoms with Crippen molar-refractivity contribution in [3.05, 3.63) is 54.1 Å². The van der Waals surface area contributed by atoms with Gasteiger partial charge in [0, 0.05) is 6.54 Å². The summed E-state index contributed by atoms with van der Waals surface area (Å²) in [5, 5.41) is 7.86. The van der Waals surface area contributed by atoms with Crippen molar-refractivity contribution in [3.8, 4) is 0 Å². The van der Waals surface area contributed by atoms with Crippen molar-refractivity contribution >= 4 is 38.7 Å². The molecule has 0 spiro atoms. The Morgan fingerprint density at radius 2 is 1.86 bits per heavy atom. The number of amides is 1. The average molecular weight is 440 g/mol. The molecule has 0 radical (unpaired) electrons. The molecule has 0 bridgehead atoms. The molecular formula is C18H18F2N4O3S2. The average Bonchev–Trinajstić information content (AvgIpc) is 2.98. The Morgan fingerprint density at radius 1 is 1.17 bits per heavy atom. The molecule has 3 rings (SSSR count). The fourth-order valence-electron chi connectivity index (χ4n) is 2.77. The Labute approximate surface area is 170 Å². The number of nitrogens with one attached hydrogen (secondary N) is 1. The minimum absolute atomic E-state index is 0.0151. The second-order valence-corrected chi connectivity index (χ2v) is 8.66. The van der Waals surface area contributed by atoms with Crippen LogP contribution < -0.4 is 10.5 Å². The highest BCUT2D eigenvalue weighted by Gasteiger charge is 2.17. The molecule has 0 aliphatic heterocycles. The largest absolute Gasteiger partial charge is 0.354 e. The lowest BCUT2D eigenvalue weighted by Gasteiger charge is -2.10. The van der Waals surface area contributed by atoms with Crippen LogP contribution in [0.3, 0.4) is 0 Å². The van der Waals surface area contributed by atoms with E-state index in [9.17, 15) is 22.0 Å². The van der Waals surface area contributed by atoms with Gasteiger partial charge < -0.3 is 9.88 Å². The Bertz CT molecular complexity index is 1120. The van der Waals surface area contributed by atoms with Crippen molar-refractivity contribution < 1.29 is 22.0 Å². The molecule has 0 atom stereocenters. The summed E-state index contributed by atoms with van der Waals surface area (Å²) in [6, 6.07) is 13.0. The Hall–Kier alpha value is -2.50. The number of carbonyl (C=O) groups excluding carboxylic acids is 1. The van der Waals surface area contributed by atoms with Crippen LogP contribution in [0.4, 0.5) is 8.78 Å². The molecule has 0 saturated carbocycles. The van der Waals surface area contributed by atoms with Crippen LogP contribution in [-0.2, 0) is 27.8 Å². The van der Waals surface area contributed by atoms with Crippen molar-refractivity contribution in [2.45, 2.75) is 28.8 Å². The van der Waals surface area contributed by atoms with E-state index >= 15 is 0 Å². The van der Waals surface area contributed by atoms with Gasteiger partial charge in [-0.2, -0.15) is 8.78 Å². The van der Waals surface area contributed by atoms with E-state index in [0.29, 0.717) is 35.8 Å². The summed E-state index contributed by atoms with van der Waals surface area (Å²) in [5.41, 5.74) is 1.96. The number of imidazole rings is 1. The minimum atomic E-state index is -3.75. The van der Waals surface area contributed by atoms with E-state index in [4.69, 9.17) is 5.14 Å². The third-order valence-corrected chi connectivity index (χ3v) is 5.73. The van der Waals surface area contributed by atoms with Gasteiger partial charge in [-0.15, -0.1) is 0 Å². The number of halogens is 2. The van der Waals surface area contributed by atoms with E-state index in [1.165, 1.54) is 16.7 Å². The second-order valence-electron chi connectivity index (χ2n) is 6.14. The van der Waals surface area contributed by atoms with E-state index in [-0.39, 0.29) is 22.5 Å².